The third-order valence-electron chi connectivity index (χ3n) is 2.93. The summed E-state index contributed by atoms with van der Waals surface area (Å²) in [6, 6.07) is 5.75. The first-order valence-corrected chi connectivity index (χ1v) is 6.28. The minimum absolute atomic E-state index is 0.367. The van der Waals surface area contributed by atoms with Gasteiger partial charge in [0.15, 0.2) is 0 Å². The lowest BCUT2D eigenvalue weighted by Crippen LogP contribution is -2.00. The molecule has 3 aromatic rings. The summed E-state index contributed by atoms with van der Waals surface area (Å²) in [5.41, 5.74) is 1.33. The number of fused-ring (bicyclic) bond motifs is 3. The van der Waals surface area contributed by atoms with E-state index < -0.39 is 0 Å². The van der Waals surface area contributed by atoms with Gasteiger partial charge in [0.2, 0.25) is 0 Å². The highest BCUT2D eigenvalue weighted by Gasteiger charge is 2.14. The highest BCUT2D eigenvalue weighted by Crippen LogP contribution is 2.37. The Morgan fingerprint density at radius 2 is 2.11 bits per heavy atom. The molecule has 2 heterocycles. The smallest absolute Gasteiger partial charge is 0.354 e. The minimum Gasteiger partial charge on any atom is -0.495 e. The summed E-state index contributed by atoms with van der Waals surface area (Å²) < 4.78 is 11.2. The van der Waals surface area contributed by atoms with Gasteiger partial charge >= 0.3 is 5.97 Å². The summed E-state index contributed by atoms with van der Waals surface area (Å²) in [5.74, 6) is 0.444. The number of nitrogens with one attached hydrogen (secondary N) is 1. The van der Waals surface area contributed by atoms with Gasteiger partial charge in [-0.3, -0.25) is 0 Å². The molecular formula is C13H11NO3S. The molecule has 0 aliphatic rings. The molecule has 18 heavy (non-hydrogen) atoms. The first-order chi connectivity index (χ1) is 8.74. The third-order valence-corrected chi connectivity index (χ3v) is 3.86. The molecule has 0 spiro atoms. The number of rotatable bonds is 2. The fourth-order valence-electron chi connectivity index (χ4n) is 2.09. The van der Waals surface area contributed by atoms with Crippen molar-refractivity contribution >= 4 is 38.3 Å². The average Bonchev–Trinajstić information content (AvgIpc) is 3.01. The summed E-state index contributed by atoms with van der Waals surface area (Å²) in [4.78, 5) is 14.6. The first-order valence-electron chi connectivity index (χ1n) is 5.40. The molecule has 0 saturated carbocycles. The van der Waals surface area contributed by atoms with Gasteiger partial charge in [-0.2, -0.15) is 0 Å². The van der Waals surface area contributed by atoms with Gasteiger partial charge < -0.3 is 14.5 Å². The van der Waals surface area contributed by atoms with Crippen molar-refractivity contribution in [3.05, 3.63) is 29.3 Å². The van der Waals surface area contributed by atoms with Gasteiger partial charge in [-0.05, 0) is 17.5 Å². The molecule has 0 aliphatic heterocycles. The Bertz CT molecular complexity index is 741. The Hall–Kier alpha value is -2.01. The molecule has 92 valence electrons. The molecule has 4 nitrogen and oxygen atoms in total. The van der Waals surface area contributed by atoms with Crippen molar-refractivity contribution in [3.63, 3.8) is 0 Å². The summed E-state index contributed by atoms with van der Waals surface area (Å²) in [6.45, 7) is 0. The quantitative estimate of drug-likeness (QED) is 0.721. The molecule has 1 N–H and O–H groups in total. The van der Waals surface area contributed by atoms with Gasteiger partial charge in [0.25, 0.3) is 0 Å². The second-order valence-electron chi connectivity index (χ2n) is 3.88. The number of hydrogen-bond donors (Lipinski definition) is 1. The van der Waals surface area contributed by atoms with Gasteiger partial charge in [-0.1, -0.05) is 0 Å². The van der Waals surface area contributed by atoms with E-state index >= 15 is 0 Å². The molecule has 0 unspecified atom stereocenters. The Morgan fingerprint density at radius 3 is 2.83 bits per heavy atom. The van der Waals surface area contributed by atoms with Crippen LogP contribution in [-0.2, 0) is 4.74 Å². The van der Waals surface area contributed by atoms with E-state index in [2.05, 4.69) is 4.98 Å². The number of methoxy groups -OCH3 is 2. The van der Waals surface area contributed by atoms with Gasteiger partial charge in [0.1, 0.15) is 11.4 Å². The summed E-state index contributed by atoms with van der Waals surface area (Å²) in [5, 5.41) is 4.10. The molecule has 0 atom stereocenters. The molecule has 0 amide bonds. The number of hydrogen-bond acceptors (Lipinski definition) is 4. The van der Waals surface area contributed by atoms with Crippen LogP contribution in [0.3, 0.4) is 0 Å². The van der Waals surface area contributed by atoms with Crippen LogP contribution < -0.4 is 4.74 Å². The van der Waals surface area contributed by atoms with Gasteiger partial charge in [-0.25, -0.2) is 4.79 Å². The minimum atomic E-state index is -0.367. The number of ether oxygens (including phenoxy) is 2. The summed E-state index contributed by atoms with van der Waals surface area (Å²) in [7, 11) is 3.01. The highest BCUT2D eigenvalue weighted by molar-refractivity contribution is 7.17. The van der Waals surface area contributed by atoms with Crippen molar-refractivity contribution in [2.45, 2.75) is 0 Å². The third kappa shape index (κ3) is 1.48. The maximum atomic E-state index is 11.5. The van der Waals surface area contributed by atoms with Crippen molar-refractivity contribution in [1.82, 2.24) is 4.98 Å². The molecule has 0 aliphatic carbocycles. The van der Waals surface area contributed by atoms with Crippen LogP contribution in [-0.4, -0.2) is 25.2 Å². The van der Waals surface area contributed by atoms with Crippen LogP contribution in [0, 0.1) is 0 Å². The number of thiophene rings is 1. The van der Waals surface area contributed by atoms with E-state index in [-0.39, 0.29) is 5.97 Å². The molecule has 0 saturated heterocycles. The van der Waals surface area contributed by atoms with Crippen LogP contribution >= 0.6 is 11.3 Å². The van der Waals surface area contributed by atoms with Crippen molar-refractivity contribution in [3.8, 4) is 5.75 Å². The maximum absolute atomic E-state index is 11.5. The molecular weight excluding hydrogens is 250 g/mol. The number of aromatic nitrogens is 1. The van der Waals surface area contributed by atoms with E-state index in [0.717, 1.165) is 26.7 Å². The molecule has 3 rings (SSSR count). The van der Waals surface area contributed by atoms with Crippen LogP contribution in [0.5, 0.6) is 5.75 Å². The van der Waals surface area contributed by atoms with E-state index in [9.17, 15) is 4.79 Å². The summed E-state index contributed by atoms with van der Waals surface area (Å²) in [6.07, 6.45) is 0. The molecule has 0 fully saturated rings. The van der Waals surface area contributed by atoms with Gasteiger partial charge in [-0.15, -0.1) is 11.3 Å². The van der Waals surface area contributed by atoms with Crippen molar-refractivity contribution in [2.75, 3.05) is 14.2 Å². The van der Waals surface area contributed by atoms with E-state index in [0.29, 0.717) is 5.69 Å². The zero-order valence-electron chi connectivity index (χ0n) is 9.94. The lowest BCUT2D eigenvalue weighted by Gasteiger charge is -2.02. The van der Waals surface area contributed by atoms with Crippen LogP contribution in [0.2, 0.25) is 0 Å². The number of carbonyl (C=O) groups is 1. The average molecular weight is 261 g/mol. The lowest BCUT2D eigenvalue weighted by molar-refractivity contribution is 0.0595. The van der Waals surface area contributed by atoms with E-state index in [1.54, 1.807) is 18.4 Å². The Balaban J connectivity index is 2.36. The molecule has 1 aromatic carbocycles. The molecule has 2 aromatic heterocycles. The van der Waals surface area contributed by atoms with Crippen molar-refractivity contribution in [1.29, 1.82) is 0 Å². The Kier molecular flexibility index (Phi) is 2.48. The fourth-order valence-corrected chi connectivity index (χ4v) is 2.99. The molecule has 0 radical (unpaired) electrons. The number of benzene rings is 1. The predicted octanol–water partition coefficient (Wildman–Crippen LogP) is 3.18. The molecule has 0 bridgehead atoms. The fraction of sp³-hybridized carbons (Fsp3) is 0.154. The standard InChI is InChI=1S/C13H11NO3S/c1-16-11-6-9-8(7-3-4-18-12(7)11)5-10(14-9)13(15)17-2/h3-6,14H,1-2H3. The maximum Gasteiger partial charge on any atom is 0.354 e. The number of carbonyl (C=O) groups excluding carboxylic acids is 1. The number of esters is 1. The number of H-pyrrole nitrogens is 1. The van der Waals surface area contributed by atoms with Crippen LogP contribution in [0.15, 0.2) is 23.6 Å². The predicted molar refractivity (Wildman–Crippen MR) is 71.6 cm³/mol. The van der Waals surface area contributed by atoms with Crippen molar-refractivity contribution in [2.24, 2.45) is 0 Å². The monoisotopic (exact) mass is 261 g/mol. The van der Waals surface area contributed by atoms with Crippen LogP contribution in [0.25, 0.3) is 21.0 Å². The highest BCUT2D eigenvalue weighted by atomic mass is 32.1. The zero-order valence-corrected chi connectivity index (χ0v) is 10.8. The van der Waals surface area contributed by atoms with Gasteiger partial charge in [0, 0.05) is 16.8 Å². The second-order valence-corrected chi connectivity index (χ2v) is 4.79. The van der Waals surface area contributed by atoms with Crippen LogP contribution in [0.4, 0.5) is 0 Å². The first kappa shape index (κ1) is 11.1. The van der Waals surface area contributed by atoms with E-state index in [4.69, 9.17) is 9.47 Å². The van der Waals surface area contributed by atoms with Crippen LogP contribution in [0.1, 0.15) is 10.5 Å². The summed E-state index contributed by atoms with van der Waals surface area (Å²) >= 11 is 1.62. The van der Waals surface area contributed by atoms with Crippen molar-refractivity contribution < 1.29 is 14.3 Å². The topological polar surface area (TPSA) is 51.3 Å². The van der Waals surface area contributed by atoms with Gasteiger partial charge in [0.05, 0.1) is 24.4 Å². The lowest BCUT2D eigenvalue weighted by atomic mass is 10.1. The van der Waals surface area contributed by atoms with E-state index in [1.165, 1.54) is 7.11 Å². The molecule has 5 heteroatoms. The SMILES string of the molecule is COC(=O)c1cc2c(cc(OC)c3sccc32)[nH]1. The van der Waals surface area contributed by atoms with E-state index in [1.807, 2.05) is 23.6 Å². The Morgan fingerprint density at radius 1 is 1.28 bits per heavy atom. The zero-order chi connectivity index (χ0) is 12.7. The second kappa shape index (κ2) is 4.03. The normalized spacial score (nSPS) is 11.0. The number of aromatic amines is 1. The Labute approximate surface area is 107 Å². The largest absolute Gasteiger partial charge is 0.495 e.